The molecule has 0 aliphatic carbocycles. The van der Waals surface area contributed by atoms with Crippen molar-refractivity contribution in [2.45, 2.75) is 25.9 Å². The first-order chi connectivity index (χ1) is 15.5. The number of nitrogens with one attached hydrogen (secondary N) is 1. The molecule has 1 heterocycles. The van der Waals surface area contributed by atoms with E-state index in [4.69, 9.17) is 4.74 Å². The van der Waals surface area contributed by atoms with Crippen molar-refractivity contribution in [2.75, 3.05) is 13.7 Å². The highest BCUT2D eigenvalue weighted by Gasteiger charge is 2.17. The zero-order valence-electron chi connectivity index (χ0n) is 17.6. The van der Waals surface area contributed by atoms with Gasteiger partial charge in [0.1, 0.15) is 17.4 Å². The number of rotatable bonds is 10. The van der Waals surface area contributed by atoms with E-state index >= 15 is 0 Å². The van der Waals surface area contributed by atoms with Crippen molar-refractivity contribution in [1.82, 2.24) is 10.2 Å². The molecule has 0 spiro atoms. The first kappa shape index (κ1) is 23.4. The van der Waals surface area contributed by atoms with E-state index in [1.165, 1.54) is 0 Å². The number of amides is 2. The predicted molar refractivity (Wildman–Crippen MR) is 119 cm³/mol. The Morgan fingerprint density at radius 1 is 1.06 bits per heavy atom. The number of benzene rings is 2. The van der Waals surface area contributed by atoms with Gasteiger partial charge in [0.15, 0.2) is 0 Å². The Morgan fingerprint density at radius 2 is 1.88 bits per heavy atom. The maximum atomic E-state index is 13.7. The molecular formula is C24H24F2N2O3S. The highest BCUT2D eigenvalue weighted by atomic mass is 32.1. The first-order valence-electron chi connectivity index (χ1n) is 10.1. The standard InChI is InChI=1S/C24H24F2N2O3S/c1-31-22-8-3-2-6-17(22)15-28(16-19-7-5-13-32-19)23(29)9-4-12-27-24(30)20-11-10-18(25)14-21(20)26/h2-3,5-8,10-11,13-14H,4,9,12,15-16H2,1H3,(H,27,30). The van der Waals surface area contributed by atoms with Crippen LogP contribution in [-0.4, -0.2) is 30.4 Å². The molecular weight excluding hydrogens is 434 g/mol. The summed E-state index contributed by atoms with van der Waals surface area (Å²) in [6, 6.07) is 14.3. The summed E-state index contributed by atoms with van der Waals surface area (Å²) in [7, 11) is 1.59. The molecule has 0 aliphatic heterocycles. The van der Waals surface area contributed by atoms with E-state index in [1.807, 2.05) is 41.8 Å². The third kappa shape index (κ3) is 6.37. The Bertz CT molecular complexity index is 1060. The van der Waals surface area contributed by atoms with Crippen LogP contribution in [0, 0.1) is 11.6 Å². The van der Waals surface area contributed by atoms with Gasteiger partial charge in [-0.1, -0.05) is 24.3 Å². The van der Waals surface area contributed by atoms with Crippen LogP contribution in [0.2, 0.25) is 0 Å². The molecule has 0 saturated carbocycles. The number of carbonyl (C=O) groups excluding carboxylic acids is 2. The molecule has 2 aromatic carbocycles. The molecule has 5 nitrogen and oxygen atoms in total. The Labute approximate surface area is 189 Å². The van der Waals surface area contributed by atoms with Crippen LogP contribution in [0.25, 0.3) is 0 Å². The summed E-state index contributed by atoms with van der Waals surface area (Å²) in [6.45, 7) is 1.07. The molecule has 32 heavy (non-hydrogen) atoms. The Kier molecular flexibility index (Phi) is 8.33. The van der Waals surface area contributed by atoms with E-state index in [0.29, 0.717) is 31.3 Å². The van der Waals surface area contributed by atoms with Gasteiger partial charge in [-0.3, -0.25) is 9.59 Å². The third-order valence-electron chi connectivity index (χ3n) is 4.86. The number of carbonyl (C=O) groups is 2. The van der Waals surface area contributed by atoms with E-state index in [9.17, 15) is 18.4 Å². The van der Waals surface area contributed by atoms with Gasteiger partial charge in [0, 0.05) is 36.0 Å². The molecule has 1 aromatic heterocycles. The molecule has 0 bridgehead atoms. The van der Waals surface area contributed by atoms with Crippen molar-refractivity contribution >= 4 is 23.2 Å². The fourth-order valence-electron chi connectivity index (χ4n) is 3.23. The Morgan fingerprint density at radius 3 is 2.59 bits per heavy atom. The van der Waals surface area contributed by atoms with E-state index in [2.05, 4.69) is 5.32 Å². The molecule has 8 heteroatoms. The number of thiophene rings is 1. The molecule has 0 aliphatic rings. The fraction of sp³-hybridized carbons (Fsp3) is 0.250. The molecule has 0 fully saturated rings. The molecule has 0 saturated heterocycles. The van der Waals surface area contributed by atoms with Crippen LogP contribution in [0.15, 0.2) is 60.0 Å². The summed E-state index contributed by atoms with van der Waals surface area (Å²) in [5, 5.41) is 4.54. The molecule has 0 radical (unpaired) electrons. The fourth-order valence-corrected chi connectivity index (χ4v) is 3.95. The van der Waals surface area contributed by atoms with Gasteiger partial charge in [-0.05, 0) is 36.1 Å². The minimum atomic E-state index is -0.919. The van der Waals surface area contributed by atoms with Crippen LogP contribution in [0.1, 0.15) is 33.6 Å². The molecule has 168 valence electrons. The van der Waals surface area contributed by atoms with Crippen LogP contribution in [-0.2, 0) is 17.9 Å². The number of ether oxygens (including phenoxy) is 1. The van der Waals surface area contributed by atoms with Crippen molar-refractivity contribution in [1.29, 1.82) is 0 Å². The van der Waals surface area contributed by atoms with Crippen LogP contribution in [0.5, 0.6) is 5.75 Å². The largest absolute Gasteiger partial charge is 0.496 e. The highest BCUT2D eigenvalue weighted by Crippen LogP contribution is 2.22. The van der Waals surface area contributed by atoms with Gasteiger partial charge in [0.2, 0.25) is 5.91 Å². The minimum absolute atomic E-state index is 0.0634. The monoisotopic (exact) mass is 458 g/mol. The lowest BCUT2D eigenvalue weighted by Crippen LogP contribution is -2.31. The van der Waals surface area contributed by atoms with Crippen LogP contribution in [0.4, 0.5) is 8.78 Å². The number of hydrogen-bond acceptors (Lipinski definition) is 4. The summed E-state index contributed by atoms with van der Waals surface area (Å²) < 4.78 is 32.1. The van der Waals surface area contributed by atoms with Crippen molar-refractivity contribution < 1.29 is 23.1 Å². The summed E-state index contributed by atoms with van der Waals surface area (Å²) in [6.07, 6.45) is 0.604. The van der Waals surface area contributed by atoms with Crippen molar-refractivity contribution in [3.05, 3.63) is 87.6 Å². The van der Waals surface area contributed by atoms with Gasteiger partial charge in [-0.15, -0.1) is 11.3 Å². The van der Waals surface area contributed by atoms with Crippen molar-refractivity contribution in [3.63, 3.8) is 0 Å². The average Bonchev–Trinajstić information content (AvgIpc) is 3.29. The van der Waals surface area contributed by atoms with E-state index in [1.54, 1.807) is 23.3 Å². The zero-order chi connectivity index (χ0) is 22.9. The van der Waals surface area contributed by atoms with E-state index < -0.39 is 17.5 Å². The SMILES string of the molecule is COc1ccccc1CN(Cc1cccs1)C(=O)CCCNC(=O)c1ccc(F)cc1F. The van der Waals surface area contributed by atoms with Gasteiger partial charge in [-0.25, -0.2) is 8.78 Å². The van der Waals surface area contributed by atoms with Crippen molar-refractivity contribution in [3.8, 4) is 5.75 Å². The average molecular weight is 459 g/mol. The lowest BCUT2D eigenvalue weighted by Gasteiger charge is -2.23. The molecule has 1 N–H and O–H groups in total. The molecule has 0 atom stereocenters. The van der Waals surface area contributed by atoms with Gasteiger partial charge in [-0.2, -0.15) is 0 Å². The highest BCUT2D eigenvalue weighted by molar-refractivity contribution is 7.09. The quantitative estimate of drug-likeness (QED) is 0.445. The summed E-state index contributed by atoms with van der Waals surface area (Å²) in [5.74, 6) is -1.65. The minimum Gasteiger partial charge on any atom is -0.496 e. The number of halogens is 2. The summed E-state index contributed by atoms with van der Waals surface area (Å²) in [4.78, 5) is 27.9. The Balaban J connectivity index is 1.58. The number of para-hydroxylation sites is 1. The number of methoxy groups -OCH3 is 1. The van der Waals surface area contributed by atoms with E-state index in [0.717, 1.165) is 22.6 Å². The van der Waals surface area contributed by atoms with Gasteiger partial charge in [0.25, 0.3) is 5.91 Å². The molecule has 0 unspecified atom stereocenters. The normalized spacial score (nSPS) is 10.6. The smallest absolute Gasteiger partial charge is 0.254 e. The topological polar surface area (TPSA) is 58.6 Å². The van der Waals surface area contributed by atoms with Gasteiger partial charge >= 0.3 is 0 Å². The summed E-state index contributed by atoms with van der Waals surface area (Å²) in [5.41, 5.74) is 0.674. The van der Waals surface area contributed by atoms with Crippen molar-refractivity contribution in [2.24, 2.45) is 0 Å². The second-order valence-corrected chi connectivity index (χ2v) is 8.16. The third-order valence-corrected chi connectivity index (χ3v) is 5.72. The molecule has 2 amide bonds. The van der Waals surface area contributed by atoms with Gasteiger partial charge < -0.3 is 15.0 Å². The number of nitrogens with zero attached hydrogens (tertiary/aromatic N) is 1. The van der Waals surface area contributed by atoms with Crippen LogP contribution in [0.3, 0.4) is 0 Å². The second kappa shape index (κ2) is 11.4. The second-order valence-electron chi connectivity index (χ2n) is 7.12. The molecule has 3 rings (SSSR count). The van der Waals surface area contributed by atoms with Crippen LogP contribution < -0.4 is 10.1 Å². The van der Waals surface area contributed by atoms with E-state index in [-0.39, 0.29) is 24.4 Å². The summed E-state index contributed by atoms with van der Waals surface area (Å²) >= 11 is 1.58. The zero-order valence-corrected chi connectivity index (χ0v) is 18.5. The maximum Gasteiger partial charge on any atom is 0.254 e. The molecule has 3 aromatic rings. The number of hydrogen-bond donors (Lipinski definition) is 1. The lowest BCUT2D eigenvalue weighted by atomic mass is 10.1. The Hall–Kier alpha value is -3.26. The lowest BCUT2D eigenvalue weighted by molar-refractivity contribution is -0.132. The predicted octanol–water partition coefficient (Wildman–Crippen LogP) is 4.77. The maximum absolute atomic E-state index is 13.7. The first-order valence-corrected chi connectivity index (χ1v) is 11.0. The van der Waals surface area contributed by atoms with Crippen LogP contribution >= 0.6 is 11.3 Å². The van der Waals surface area contributed by atoms with Gasteiger partial charge in [0.05, 0.1) is 19.2 Å².